The van der Waals surface area contributed by atoms with Gasteiger partial charge in [-0.3, -0.25) is 4.90 Å². The summed E-state index contributed by atoms with van der Waals surface area (Å²) >= 11 is 0. The van der Waals surface area contributed by atoms with Crippen molar-refractivity contribution in [3.63, 3.8) is 0 Å². The molecule has 0 saturated carbocycles. The van der Waals surface area contributed by atoms with E-state index in [9.17, 15) is 30.0 Å². The van der Waals surface area contributed by atoms with Crippen LogP contribution in [0.15, 0.2) is 0 Å². The summed E-state index contributed by atoms with van der Waals surface area (Å²) in [4.78, 5) is 1.31. The molecule has 6 nitrogen and oxygen atoms in total. The Morgan fingerprint density at radius 1 is 1.13 bits per heavy atom. The fourth-order valence-electron chi connectivity index (χ4n) is 2.56. The largest absolute Gasteiger partial charge is 0.401 e. The molecule has 0 bridgehead atoms. The van der Waals surface area contributed by atoms with E-state index in [0.29, 0.717) is 12.8 Å². The van der Waals surface area contributed by atoms with Crippen LogP contribution in [0.25, 0.3) is 0 Å². The standard InChI is InChI=1S/C12H23F3N2O4S2/c1-10(16-23(20,21)8-7-22(2,18)19)11-3-5-17(6-4-11)9-12(13,14)15/h10-11,16H,3-9H2,1-2H3. The Balaban J connectivity index is 2.46. The summed E-state index contributed by atoms with van der Waals surface area (Å²) in [5.41, 5.74) is 0. The summed E-state index contributed by atoms with van der Waals surface area (Å²) in [6, 6.07) is -0.437. The first-order valence-electron chi connectivity index (χ1n) is 7.24. The van der Waals surface area contributed by atoms with Crippen LogP contribution in [0.4, 0.5) is 13.2 Å². The number of hydrogen-bond acceptors (Lipinski definition) is 5. The van der Waals surface area contributed by atoms with E-state index in [4.69, 9.17) is 0 Å². The normalized spacial score (nSPS) is 20.6. The van der Waals surface area contributed by atoms with Gasteiger partial charge in [0, 0.05) is 12.3 Å². The molecule has 138 valence electrons. The molecular formula is C12H23F3N2O4S2. The van der Waals surface area contributed by atoms with Crippen LogP contribution in [0, 0.1) is 5.92 Å². The zero-order valence-electron chi connectivity index (χ0n) is 13.1. The van der Waals surface area contributed by atoms with Gasteiger partial charge in [-0.25, -0.2) is 21.6 Å². The number of nitrogens with zero attached hydrogens (tertiary/aromatic N) is 1. The van der Waals surface area contributed by atoms with E-state index in [2.05, 4.69) is 4.72 Å². The molecule has 1 atom stereocenters. The van der Waals surface area contributed by atoms with Crippen LogP contribution in [-0.4, -0.2) is 71.3 Å². The number of likely N-dealkylation sites (tertiary alicyclic amines) is 1. The van der Waals surface area contributed by atoms with E-state index in [1.165, 1.54) is 4.90 Å². The lowest BCUT2D eigenvalue weighted by Crippen LogP contribution is -2.46. The van der Waals surface area contributed by atoms with Gasteiger partial charge in [0.05, 0.1) is 18.1 Å². The van der Waals surface area contributed by atoms with Gasteiger partial charge in [0.2, 0.25) is 10.0 Å². The lowest BCUT2D eigenvalue weighted by molar-refractivity contribution is -0.148. The maximum atomic E-state index is 12.3. The minimum atomic E-state index is -4.23. The monoisotopic (exact) mass is 380 g/mol. The maximum absolute atomic E-state index is 12.3. The minimum Gasteiger partial charge on any atom is -0.295 e. The quantitative estimate of drug-likeness (QED) is 0.700. The van der Waals surface area contributed by atoms with Gasteiger partial charge in [-0.1, -0.05) is 0 Å². The second-order valence-electron chi connectivity index (χ2n) is 6.08. The van der Waals surface area contributed by atoms with Crippen LogP contribution in [0.5, 0.6) is 0 Å². The number of sulfonamides is 1. The molecule has 1 aliphatic heterocycles. The average molecular weight is 380 g/mol. The van der Waals surface area contributed by atoms with E-state index in [-0.39, 0.29) is 19.0 Å². The highest BCUT2D eigenvalue weighted by Crippen LogP contribution is 2.24. The van der Waals surface area contributed by atoms with Crippen LogP contribution in [0.3, 0.4) is 0 Å². The predicted molar refractivity (Wildman–Crippen MR) is 81.3 cm³/mol. The van der Waals surface area contributed by atoms with Crippen LogP contribution in [0.2, 0.25) is 0 Å². The maximum Gasteiger partial charge on any atom is 0.401 e. The highest BCUT2D eigenvalue weighted by Gasteiger charge is 2.34. The van der Waals surface area contributed by atoms with Crippen molar-refractivity contribution in [1.82, 2.24) is 9.62 Å². The molecule has 0 aliphatic carbocycles. The van der Waals surface area contributed by atoms with Crippen molar-refractivity contribution in [1.29, 1.82) is 0 Å². The van der Waals surface area contributed by atoms with Crippen molar-refractivity contribution in [2.24, 2.45) is 5.92 Å². The van der Waals surface area contributed by atoms with Crippen molar-refractivity contribution in [3.8, 4) is 0 Å². The molecular weight excluding hydrogens is 357 g/mol. The summed E-state index contributed by atoms with van der Waals surface area (Å²) < 4.78 is 85.1. The van der Waals surface area contributed by atoms with Gasteiger partial charge in [-0.15, -0.1) is 0 Å². The van der Waals surface area contributed by atoms with E-state index in [0.717, 1.165) is 6.26 Å². The molecule has 1 rings (SSSR count). The lowest BCUT2D eigenvalue weighted by atomic mass is 9.91. The molecule has 0 radical (unpaired) electrons. The van der Waals surface area contributed by atoms with Crippen molar-refractivity contribution in [2.45, 2.75) is 32.0 Å². The Labute approximate surface area is 135 Å². The summed E-state index contributed by atoms with van der Waals surface area (Å²) in [5.74, 6) is -1.03. The summed E-state index contributed by atoms with van der Waals surface area (Å²) in [6.45, 7) is 1.23. The first kappa shape index (κ1) is 20.7. The molecule has 1 saturated heterocycles. The molecule has 0 spiro atoms. The SMILES string of the molecule is CC(NS(=O)(=O)CCS(C)(=O)=O)C1CCN(CC(F)(F)F)CC1. The molecule has 1 aliphatic rings. The van der Waals surface area contributed by atoms with Gasteiger partial charge < -0.3 is 0 Å². The topological polar surface area (TPSA) is 83.5 Å². The Bertz CT molecular complexity index is 582. The molecule has 1 fully saturated rings. The zero-order valence-corrected chi connectivity index (χ0v) is 14.8. The van der Waals surface area contributed by atoms with Crippen LogP contribution < -0.4 is 4.72 Å². The van der Waals surface area contributed by atoms with Gasteiger partial charge in [-0.2, -0.15) is 13.2 Å². The second kappa shape index (κ2) is 7.66. The van der Waals surface area contributed by atoms with Crippen molar-refractivity contribution >= 4 is 19.9 Å². The van der Waals surface area contributed by atoms with Gasteiger partial charge in [-0.05, 0) is 38.8 Å². The van der Waals surface area contributed by atoms with Gasteiger partial charge in [0.1, 0.15) is 9.84 Å². The van der Waals surface area contributed by atoms with Crippen molar-refractivity contribution < 1.29 is 30.0 Å². The number of rotatable bonds is 7. The van der Waals surface area contributed by atoms with Crippen LogP contribution >= 0.6 is 0 Å². The van der Waals surface area contributed by atoms with Gasteiger partial charge in [0.15, 0.2) is 0 Å². The predicted octanol–water partition coefficient (Wildman–Crippen LogP) is 0.613. The molecule has 0 aromatic heterocycles. The third-order valence-electron chi connectivity index (χ3n) is 3.83. The molecule has 1 unspecified atom stereocenters. The third kappa shape index (κ3) is 8.87. The number of sulfone groups is 1. The Morgan fingerprint density at radius 2 is 1.65 bits per heavy atom. The van der Waals surface area contributed by atoms with Gasteiger partial charge in [0.25, 0.3) is 0 Å². The number of nitrogens with one attached hydrogen (secondary N) is 1. The van der Waals surface area contributed by atoms with Crippen molar-refractivity contribution in [3.05, 3.63) is 0 Å². The molecule has 1 N–H and O–H groups in total. The van der Waals surface area contributed by atoms with Crippen LogP contribution in [0.1, 0.15) is 19.8 Å². The van der Waals surface area contributed by atoms with E-state index < -0.39 is 50.1 Å². The van der Waals surface area contributed by atoms with Gasteiger partial charge >= 0.3 is 6.18 Å². The van der Waals surface area contributed by atoms with Crippen LogP contribution in [-0.2, 0) is 19.9 Å². The highest BCUT2D eigenvalue weighted by molar-refractivity contribution is 7.93. The highest BCUT2D eigenvalue weighted by atomic mass is 32.2. The number of hydrogen-bond donors (Lipinski definition) is 1. The van der Waals surface area contributed by atoms with E-state index in [1.807, 2.05) is 0 Å². The molecule has 23 heavy (non-hydrogen) atoms. The summed E-state index contributed by atoms with van der Waals surface area (Å²) in [7, 11) is -7.10. The number of piperidine rings is 1. The summed E-state index contributed by atoms with van der Waals surface area (Å²) in [6.07, 6.45) is -2.34. The molecule has 0 aromatic rings. The van der Waals surface area contributed by atoms with Crippen molar-refractivity contribution in [2.75, 3.05) is 37.4 Å². The Hall–Kier alpha value is -0.390. The van der Waals surface area contributed by atoms with E-state index in [1.54, 1.807) is 6.92 Å². The minimum absolute atomic E-state index is 0.0625. The fourth-order valence-corrected chi connectivity index (χ4v) is 5.53. The molecule has 0 aromatic carbocycles. The smallest absolute Gasteiger partial charge is 0.295 e. The summed E-state index contributed by atoms with van der Waals surface area (Å²) in [5, 5.41) is 0. The first-order valence-corrected chi connectivity index (χ1v) is 11.0. The second-order valence-corrected chi connectivity index (χ2v) is 10.2. The average Bonchev–Trinajstić information content (AvgIpc) is 2.34. The van der Waals surface area contributed by atoms with E-state index >= 15 is 0 Å². The lowest BCUT2D eigenvalue weighted by Gasteiger charge is -2.35. The number of alkyl halides is 3. The Kier molecular flexibility index (Phi) is 6.88. The Morgan fingerprint density at radius 3 is 2.09 bits per heavy atom. The first-order chi connectivity index (χ1) is 10.3. The zero-order chi connectivity index (χ0) is 17.9. The molecule has 0 amide bonds. The number of halogens is 3. The third-order valence-corrected chi connectivity index (χ3v) is 6.51. The molecule has 1 heterocycles. The molecule has 11 heteroatoms. The fraction of sp³-hybridized carbons (Fsp3) is 1.00.